The predicted octanol–water partition coefficient (Wildman–Crippen LogP) is 2.15. The van der Waals surface area contributed by atoms with Crippen LogP contribution in [0.15, 0.2) is 0 Å². The normalized spacial score (nSPS) is 36.5. The lowest BCUT2D eigenvalue weighted by molar-refractivity contribution is -0.149. The molecule has 2 unspecified atom stereocenters. The van der Waals surface area contributed by atoms with Crippen LogP contribution in [-0.2, 0) is 14.3 Å². The van der Waals surface area contributed by atoms with Gasteiger partial charge in [-0.2, -0.15) is 0 Å². The van der Waals surface area contributed by atoms with E-state index in [1.54, 1.807) is 0 Å². The summed E-state index contributed by atoms with van der Waals surface area (Å²) in [7, 11) is 0. The molecule has 5 heteroatoms. The first kappa shape index (κ1) is 16.7. The van der Waals surface area contributed by atoms with Crippen molar-refractivity contribution in [2.45, 2.75) is 82.8 Å². The smallest absolute Gasteiger partial charge is 0.308 e. The van der Waals surface area contributed by atoms with Gasteiger partial charge in [0.2, 0.25) is 5.91 Å². The van der Waals surface area contributed by atoms with Crippen LogP contribution in [0, 0.1) is 11.8 Å². The summed E-state index contributed by atoms with van der Waals surface area (Å²) in [5, 5.41) is 6.82. The van der Waals surface area contributed by atoms with E-state index >= 15 is 0 Å². The Morgan fingerprint density at radius 1 is 1.04 bits per heavy atom. The average molecular weight is 322 g/mol. The van der Waals surface area contributed by atoms with Gasteiger partial charge < -0.3 is 15.4 Å². The molecule has 2 atom stereocenters. The third-order valence-corrected chi connectivity index (χ3v) is 5.76. The molecule has 2 N–H and O–H groups in total. The van der Waals surface area contributed by atoms with Crippen molar-refractivity contribution in [3.05, 3.63) is 0 Å². The minimum Gasteiger partial charge on any atom is -0.466 e. The highest BCUT2D eigenvalue weighted by Crippen LogP contribution is 2.33. The fraction of sp³-hybridized carbons (Fsp3) is 0.889. The van der Waals surface area contributed by atoms with E-state index in [9.17, 15) is 9.59 Å². The SMILES string of the molecule is CCOC(=O)C1CCC(NC(=O)CC2CC3CCC(C2)N3)CC1. The average Bonchev–Trinajstić information content (AvgIpc) is 2.87. The fourth-order valence-corrected chi connectivity index (χ4v) is 4.62. The molecule has 3 fully saturated rings. The lowest BCUT2D eigenvalue weighted by Crippen LogP contribution is -2.42. The molecule has 0 aromatic rings. The van der Waals surface area contributed by atoms with Crippen LogP contribution in [-0.4, -0.2) is 36.6 Å². The molecule has 2 aliphatic heterocycles. The second kappa shape index (κ2) is 7.65. The molecule has 130 valence electrons. The van der Waals surface area contributed by atoms with E-state index in [1.165, 1.54) is 12.8 Å². The number of rotatable bonds is 5. The highest BCUT2D eigenvalue weighted by molar-refractivity contribution is 5.76. The molecule has 1 saturated carbocycles. The summed E-state index contributed by atoms with van der Waals surface area (Å²) in [5.41, 5.74) is 0. The van der Waals surface area contributed by atoms with Gasteiger partial charge in [-0.15, -0.1) is 0 Å². The van der Waals surface area contributed by atoms with Gasteiger partial charge in [0.05, 0.1) is 12.5 Å². The van der Waals surface area contributed by atoms with E-state index in [4.69, 9.17) is 4.74 Å². The van der Waals surface area contributed by atoms with E-state index in [0.29, 0.717) is 31.0 Å². The van der Waals surface area contributed by atoms with E-state index in [1.807, 2.05) is 6.92 Å². The maximum atomic E-state index is 12.3. The summed E-state index contributed by atoms with van der Waals surface area (Å²) in [6, 6.07) is 1.53. The van der Waals surface area contributed by atoms with Crippen LogP contribution < -0.4 is 10.6 Å². The Morgan fingerprint density at radius 3 is 2.30 bits per heavy atom. The van der Waals surface area contributed by atoms with Gasteiger partial charge in [-0.3, -0.25) is 9.59 Å². The number of fused-ring (bicyclic) bond motifs is 2. The zero-order chi connectivity index (χ0) is 16.2. The molecule has 0 aromatic heterocycles. The first-order chi connectivity index (χ1) is 11.1. The molecule has 5 nitrogen and oxygen atoms in total. The molecule has 1 aliphatic carbocycles. The van der Waals surface area contributed by atoms with Crippen molar-refractivity contribution in [2.75, 3.05) is 6.61 Å². The number of nitrogens with one attached hydrogen (secondary N) is 2. The van der Waals surface area contributed by atoms with Gasteiger partial charge in [-0.05, 0) is 64.2 Å². The number of hydrogen-bond donors (Lipinski definition) is 2. The van der Waals surface area contributed by atoms with Crippen molar-refractivity contribution in [1.82, 2.24) is 10.6 Å². The van der Waals surface area contributed by atoms with Gasteiger partial charge in [0.15, 0.2) is 0 Å². The summed E-state index contributed by atoms with van der Waals surface area (Å²) in [5.74, 6) is 0.714. The summed E-state index contributed by atoms with van der Waals surface area (Å²) in [6.07, 6.45) is 8.99. The first-order valence-electron chi connectivity index (χ1n) is 9.36. The number of ether oxygens (including phenoxy) is 1. The van der Waals surface area contributed by atoms with E-state index in [0.717, 1.165) is 38.5 Å². The Kier molecular flexibility index (Phi) is 5.57. The van der Waals surface area contributed by atoms with Gasteiger partial charge in [0.25, 0.3) is 0 Å². The van der Waals surface area contributed by atoms with Crippen molar-refractivity contribution >= 4 is 11.9 Å². The Morgan fingerprint density at radius 2 is 1.70 bits per heavy atom. The summed E-state index contributed by atoms with van der Waals surface area (Å²) >= 11 is 0. The molecule has 3 aliphatic rings. The highest BCUT2D eigenvalue weighted by Gasteiger charge is 2.34. The highest BCUT2D eigenvalue weighted by atomic mass is 16.5. The molecule has 0 radical (unpaired) electrons. The van der Waals surface area contributed by atoms with Crippen molar-refractivity contribution in [3.63, 3.8) is 0 Å². The number of hydrogen-bond acceptors (Lipinski definition) is 4. The molecule has 0 aromatic carbocycles. The third kappa shape index (κ3) is 4.46. The zero-order valence-corrected chi connectivity index (χ0v) is 14.2. The van der Waals surface area contributed by atoms with Crippen molar-refractivity contribution in [3.8, 4) is 0 Å². The van der Waals surface area contributed by atoms with Gasteiger partial charge in [-0.1, -0.05) is 0 Å². The fourth-order valence-electron chi connectivity index (χ4n) is 4.62. The molecular formula is C18H30N2O3. The van der Waals surface area contributed by atoms with Gasteiger partial charge in [0, 0.05) is 24.5 Å². The number of carbonyl (C=O) groups is 2. The Labute approximate surface area is 138 Å². The lowest BCUT2D eigenvalue weighted by atomic mass is 9.85. The summed E-state index contributed by atoms with van der Waals surface area (Å²) in [4.78, 5) is 24.0. The summed E-state index contributed by atoms with van der Waals surface area (Å²) in [6.45, 7) is 2.30. The predicted molar refractivity (Wildman–Crippen MR) is 87.8 cm³/mol. The maximum absolute atomic E-state index is 12.3. The minimum absolute atomic E-state index is 0.0307. The Balaban J connectivity index is 1.37. The van der Waals surface area contributed by atoms with Gasteiger partial charge >= 0.3 is 5.97 Å². The number of piperidine rings is 1. The van der Waals surface area contributed by atoms with Crippen molar-refractivity contribution in [1.29, 1.82) is 0 Å². The standard InChI is InChI=1S/C18H30N2O3/c1-2-23-18(22)13-3-5-14(6-4-13)20-17(21)11-12-9-15-7-8-16(10-12)19-15/h12-16,19H,2-11H2,1H3,(H,20,21). The van der Waals surface area contributed by atoms with Gasteiger partial charge in [0.1, 0.15) is 0 Å². The van der Waals surface area contributed by atoms with Crippen LogP contribution in [0.1, 0.15) is 64.7 Å². The van der Waals surface area contributed by atoms with Crippen molar-refractivity contribution in [2.24, 2.45) is 11.8 Å². The lowest BCUT2D eigenvalue weighted by Gasteiger charge is -2.31. The topological polar surface area (TPSA) is 67.4 Å². The van der Waals surface area contributed by atoms with E-state index < -0.39 is 0 Å². The van der Waals surface area contributed by atoms with Crippen LogP contribution in [0.5, 0.6) is 0 Å². The van der Waals surface area contributed by atoms with Crippen LogP contribution in [0.2, 0.25) is 0 Å². The third-order valence-electron chi connectivity index (χ3n) is 5.76. The van der Waals surface area contributed by atoms with Crippen LogP contribution >= 0.6 is 0 Å². The molecule has 2 saturated heterocycles. The molecule has 23 heavy (non-hydrogen) atoms. The molecule has 3 rings (SSSR count). The largest absolute Gasteiger partial charge is 0.466 e. The first-order valence-corrected chi connectivity index (χ1v) is 9.36. The van der Waals surface area contributed by atoms with Crippen LogP contribution in [0.25, 0.3) is 0 Å². The number of carbonyl (C=O) groups excluding carboxylic acids is 2. The molecule has 2 heterocycles. The monoisotopic (exact) mass is 322 g/mol. The van der Waals surface area contributed by atoms with Gasteiger partial charge in [-0.25, -0.2) is 0 Å². The summed E-state index contributed by atoms with van der Waals surface area (Å²) < 4.78 is 5.09. The molecule has 1 amide bonds. The maximum Gasteiger partial charge on any atom is 0.308 e. The quantitative estimate of drug-likeness (QED) is 0.761. The van der Waals surface area contributed by atoms with Crippen LogP contribution in [0.4, 0.5) is 0 Å². The Hall–Kier alpha value is -1.10. The second-order valence-electron chi connectivity index (χ2n) is 7.55. The van der Waals surface area contributed by atoms with E-state index in [2.05, 4.69) is 10.6 Å². The van der Waals surface area contributed by atoms with Crippen molar-refractivity contribution < 1.29 is 14.3 Å². The zero-order valence-electron chi connectivity index (χ0n) is 14.2. The number of amides is 1. The number of esters is 1. The van der Waals surface area contributed by atoms with Crippen LogP contribution in [0.3, 0.4) is 0 Å². The van der Waals surface area contributed by atoms with E-state index in [-0.39, 0.29) is 23.8 Å². The molecular weight excluding hydrogens is 292 g/mol. The molecule has 2 bridgehead atoms. The minimum atomic E-state index is -0.0672. The Bertz CT molecular complexity index is 420. The second-order valence-corrected chi connectivity index (χ2v) is 7.55. The molecule has 0 spiro atoms.